The zero-order valence-electron chi connectivity index (χ0n) is 18.8. The molecule has 0 unspecified atom stereocenters. The number of aryl methyl sites for hydroxylation is 1. The molecule has 0 spiro atoms. The van der Waals surface area contributed by atoms with Crippen molar-refractivity contribution in [2.75, 3.05) is 13.7 Å². The summed E-state index contributed by atoms with van der Waals surface area (Å²) in [6, 6.07) is 12.4. The lowest BCUT2D eigenvalue weighted by atomic mass is 10.1. The van der Waals surface area contributed by atoms with Crippen molar-refractivity contribution in [3.63, 3.8) is 0 Å². The minimum absolute atomic E-state index is 0.0125. The van der Waals surface area contributed by atoms with E-state index in [0.29, 0.717) is 18.7 Å². The molecule has 2 amide bonds. The molecule has 7 heteroatoms. The van der Waals surface area contributed by atoms with Gasteiger partial charge in [0.1, 0.15) is 17.5 Å². The summed E-state index contributed by atoms with van der Waals surface area (Å²) < 4.78 is 11.9. The van der Waals surface area contributed by atoms with Gasteiger partial charge < -0.3 is 19.7 Å². The first-order valence-corrected chi connectivity index (χ1v) is 11.2. The van der Waals surface area contributed by atoms with Crippen molar-refractivity contribution < 1.29 is 19.1 Å². The Hall–Kier alpha value is -2.54. The Bertz CT molecular complexity index is 884. The second-order valence-electron chi connectivity index (χ2n) is 7.66. The predicted octanol–water partition coefficient (Wildman–Crippen LogP) is 4.48. The van der Waals surface area contributed by atoms with Gasteiger partial charge in [0, 0.05) is 17.1 Å². The minimum Gasteiger partial charge on any atom is -0.497 e. The summed E-state index contributed by atoms with van der Waals surface area (Å²) >= 11 is 3.46. The molecule has 0 bridgehead atoms. The maximum absolute atomic E-state index is 13.2. The van der Waals surface area contributed by atoms with E-state index in [1.165, 1.54) is 0 Å². The fraction of sp³-hybridized carbons (Fsp3) is 0.417. The average Bonchev–Trinajstić information content (AvgIpc) is 2.74. The van der Waals surface area contributed by atoms with E-state index in [0.717, 1.165) is 21.3 Å². The first-order chi connectivity index (χ1) is 14.7. The van der Waals surface area contributed by atoms with E-state index >= 15 is 0 Å². The molecule has 1 N–H and O–H groups in total. The van der Waals surface area contributed by atoms with E-state index in [-0.39, 0.29) is 24.5 Å². The molecule has 2 aromatic carbocycles. The number of carbonyl (C=O) groups excluding carboxylic acids is 2. The molecule has 0 aliphatic carbocycles. The van der Waals surface area contributed by atoms with Gasteiger partial charge in [-0.05, 0) is 68.7 Å². The van der Waals surface area contributed by atoms with Gasteiger partial charge in [0.25, 0.3) is 5.91 Å². The zero-order valence-corrected chi connectivity index (χ0v) is 20.4. The van der Waals surface area contributed by atoms with Crippen molar-refractivity contribution in [1.29, 1.82) is 0 Å². The van der Waals surface area contributed by atoms with Crippen LogP contribution in [0.3, 0.4) is 0 Å². The first-order valence-electron chi connectivity index (χ1n) is 10.4. The predicted molar refractivity (Wildman–Crippen MR) is 125 cm³/mol. The Labute approximate surface area is 193 Å². The minimum atomic E-state index is -0.591. The third-order valence-corrected chi connectivity index (χ3v) is 5.71. The Balaban J connectivity index is 2.21. The second kappa shape index (κ2) is 11.7. The summed E-state index contributed by atoms with van der Waals surface area (Å²) in [4.78, 5) is 27.6. The number of carbonyl (C=O) groups is 2. The molecule has 6 nitrogen and oxygen atoms in total. The van der Waals surface area contributed by atoms with Crippen LogP contribution < -0.4 is 14.8 Å². The van der Waals surface area contributed by atoms with Gasteiger partial charge in [-0.2, -0.15) is 0 Å². The number of ether oxygens (including phenoxy) is 2. The number of nitrogens with zero attached hydrogens (tertiary/aromatic N) is 1. The highest BCUT2D eigenvalue weighted by Gasteiger charge is 2.29. The van der Waals surface area contributed by atoms with Crippen molar-refractivity contribution in [1.82, 2.24) is 10.2 Å². The largest absolute Gasteiger partial charge is 0.497 e. The van der Waals surface area contributed by atoms with Crippen molar-refractivity contribution in [2.24, 2.45) is 0 Å². The topological polar surface area (TPSA) is 67.9 Å². The number of rotatable bonds is 10. The van der Waals surface area contributed by atoms with Crippen LogP contribution in [0, 0.1) is 6.92 Å². The molecule has 0 fully saturated rings. The average molecular weight is 491 g/mol. The first kappa shape index (κ1) is 24.7. The normalized spacial score (nSPS) is 11.7. The van der Waals surface area contributed by atoms with E-state index < -0.39 is 6.04 Å². The molecule has 0 radical (unpaired) electrons. The lowest BCUT2D eigenvalue weighted by Gasteiger charge is -2.31. The van der Waals surface area contributed by atoms with E-state index in [2.05, 4.69) is 21.2 Å². The van der Waals surface area contributed by atoms with Gasteiger partial charge >= 0.3 is 0 Å². The van der Waals surface area contributed by atoms with Gasteiger partial charge in [0.05, 0.1) is 7.11 Å². The Morgan fingerprint density at radius 1 is 1.10 bits per heavy atom. The maximum Gasteiger partial charge on any atom is 0.261 e. The molecule has 2 rings (SSSR count). The van der Waals surface area contributed by atoms with Gasteiger partial charge in [-0.1, -0.05) is 35.0 Å². The van der Waals surface area contributed by atoms with Crippen LogP contribution in [-0.4, -0.2) is 42.5 Å². The van der Waals surface area contributed by atoms with Gasteiger partial charge in [0.2, 0.25) is 5.91 Å². The van der Waals surface area contributed by atoms with Crippen LogP contribution in [0.4, 0.5) is 0 Å². The fourth-order valence-electron chi connectivity index (χ4n) is 3.16. The Kier molecular flexibility index (Phi) is 9.37. The summed E-state index contributed by atoms with van der Waals surface area (Å²) in [7, 11) is 1.61. The molecule has 0 aliphatic rings. The molecule has 0 saturated heterocycles. The number of hydrogen-bond acceptors (Lipinski definition) is 4. The summed E-state index contributed by atoms with van der Waals surface area (Å²) in [6.45, 7) is 7.81. The van der Waals surface area contributed by atoms with Gasteiger partial charge in [-0.15, -0.1) is 0 Å². The standard InChI is InChI=1S/C24H31BrN2O4/c1-6-22(24(29)26-16(2)3)27(14-18-7-9-19(30-5)10-8-18)23(28)15-31-20-11-12-21(25)17(4)13-20/h7-13,16,22H,6,14-15H2,1-5H3,(H,26,29)/t22-/m0/s1. The SMILES string of the molecule is CC[C@@H](C(=O)NC(C)C)N(Cc1ccc(OC)cc1)C(=O)COc1ccc(Br)c(C)c1. The van der Waals surface area contributed by atoms with Gasteiger partial charge in [-0.3, -0.25) is 9.59 Å². The molecular formula is C24H31BrN2O4. The van der Waals surface area contributed by atoms with Crippen LogP contribution in [0.25, 0.3) is 0 Å². The molecule has 0 aromatic heterocycles. The third-order valence-electron chi connectivity index (χ3n) is 4.82. The summed E-state index contributed by atoms with van der Waals surface area (Å²) in [5.74, 6) is 0.930. The second-order valence-corrected chi connectivity index (χ2v) is 8.51. The molecule has 2 aromatic rings. The van der Waals surface area contributed by atoms with E-state index in [4.69, 9.17) is 9.47 Å². The third kappa shape index (κ3) is 7.28. The van der Waals surface area contributed by atoms with Crippen LogP contribution >= 0.6 is 15.9 Å². The van der Waals surface area contributed by atoms with Crippen LogP contribution in [0.1, 0.15) is 38.3 Å². The fourth-order valence-corrected chi connectivity index (χ4v) is 3.41. The van der Waals surface area contributed by atoms with E-state index in [1.54, 1.807) is 18.1 Å². The van der Waals surface area contributed by atoms with Crippen LogP contribution in [0.2, 0.25) is 0 Å². The van der Waals surface area contributed by atoms with Crippen molar-refractivity contribution in [3.8, 4) is 11.5 Å². The molecule has 1 atom stereocenters. The highest BCUT2D eigenvalue weighted by molar-refractivity contribution is 9.10. The Morgan fingerprint density at radius 3 is 2.29 bits per heavy atom. The number of benzene rings is 2. The molecule has 0 saturated carbocycles. The summed E-state index contributed by atoms with van der Waals surface area (Å²) in [6.07, 6.45) is 0.498. The number of hydrogen-bond donors (Lipinski definition) is 1. The molecule has 168 valence electrons. The Morgan fingerprint density at radius 2 is 1.74 bits per heavy atom. The monoisotopic (exact) mass is 490 g/mol. The van der Waals surface area contributed by atoms with Crippen molar-refractivity contribution in [2.45, 2.75) is 52.7 Å². The number of amides is 2. The number of methoxy groups -OCH3 is 1. The van der Waals surface area contributed by atoms with E-state index in [9.17, 15) is 9.59 Å². The molecule has 0 heterocycles. The molecule has 0 aliphatic heterocycles. The van der Waals surface area contributed by atoms with Crippen LogP contribution in [-0.2, 0) is 16.1 Å². The quantitative estimate of drug-likeness (QED) is 0.533. The number of halogens is 1. The van der Waals surface area contributed by atoms with Crippen molar-refractivity contribution >= 4 is 27.7 Å². The number of nitrogens with one attached hydrogen (secondary N) is 1. The van der Waals surface area contributed by atoms with Gasteiger partial charge in [-0.25, -0.2) is 0 Å². The highest BCUT2D eigenvalue weighted by atomic mass is 79.9. The van der Waals surface area contributed by atoms with Crippen LogP contribution in [0.15, 0.2) is 46.9 Å². The maximum atomic E-state index is 13.2. The smallest absolute Gasteiger partial charge is 0.261 e. The molecular weight excluding hydrogens is 460 g/mol. The highest BCUT2D eigenvalue weighted by Crippen LogP contribution is 2.22. The summed E-state index contributed by atoms with van der Waals surface area (Å²) in [5, 5.41) is 2.92. The van der Waals surface area contributed by atoms with Gasteiger partial charge in [0.15, 0.2) is 6.61 Å². The van der Waals surface area contributed by atoms with Crippen molar-refractivity contribution in [3.05, 3.63) is 58.1 Å². The lowest BCUT2D eigenvalue weighted by Crippen LogP contribution is -2.51. The zero-order chi connectivity index (χ0) is 23.0. The summed E-state index contributed by atoms with van der Waals surface area (Å²) in [5.41, 5.74) is 1.92. The van der Waals surface area contributed by atoms with E-state index in [1.807, 2.05) is 64.1 Å². The lowest BCUT2D eigenvalue weighted by molar-refractivity contribution is -0.143. The van der Waals surface area contributed by atoms with Crippen LogP contribution in [0.5, 0.6) is 11.5 Å². The molecule has 31 heavy (non-hydrogen) atoms.